The van der Waals surface area contributed by atoms with Gasteiger partial charge in [0.05, 0.1) is 19.3 Å². The van der Waals surface area contributed by atoms with Crippen molar-refractivity contribution in [1.82, 2.24) is 19.1 Å². The van der Waals surface area contributed by atoms with E-state index in [1.54, 1.807) is 13.1 Å². The van der Waals surface area contributed by atoms with Crippen molar-refractivity contribution in [1.29, 1.82) is 0 Å². The minimum absolute atomic E-state index is 0.223. The average Bonchev–Trinajstić information content (AvgIpc) is 3.34. The Labute approximate surface area is 151 Å². The van der Waals surface area contributed by atoms with Crippen LogP contribution in [-0.4, -0.2) is 37.6 Å². The summed E-state index contributed by atoms with van der Waals surface area (Å²) in [7, 11) is 1.59. The summed E-state index contributed by atoms with van der Waals surface area (Å²) in [6.45, 7) is 1.14. The van der Waals surface area contributed by atoms with Crippen LogP contribution < -0.4 is 11.2 Å². The fraction of sp³-hybridized carbons (Fsp3) is 0.312. The first kappa shape index (κ1) is 16.4. The molecule has 9 heteroatoms. The number of H-pyrrole nitrogens is 1. The van der Waals surface area contributed by atoms with Gasteiger partial charge in [0.2, 0.25) is 0 Å². The van der Waals surface area contributed by atoms with E-state index >= 15 is 0 Å². The molecule has 7 nitrogen and oxygen atoms in total. The van der Waals surface area contributed by atoms with Gasteiger partial charge < -0.3 is 9.30 Å². The second-order valence-corrected chi connectivity index (χ2v) is 7.22. The Morgan fingerprint density at radius 1 is 1.40 bits per heavy atom. The molecule has 130 valence electrons. The highest BCUT2D eigenvalue weighted by molar-refractivity contribution is 7.99. The second-order valence-electron chi connectivity index (χ2n) is 5.83. The van der Waals surface area contributed by atoms with E-state index in [1.165, 1.54) is 16.3 Å². The van der Waals surface area contributed by atoms with E-state index in [4.69, 9.17) is 16.3 Å². The van der Waals surface area contributed by atoms with E-state index in [1.807, 2.05) is 22.8 Å². The molecule has 3 heterocycles. The number of imidazole rings is 1. The van der Waals surface area contributed by atoms with Crippen molar-refractivity contribution in [2.24, 2.45) is 7.05 Å². The summed E-state index contributed by atoms with van der Waals surface area (Å²) in [4.78, 5) is 31.2. The summed E-state index contributed by atoms with van der Waals surface area (Å²) in [6, 6.07) is 7.46. The van der Waals surface area contributed by atoms with Gasteiger partial charge in [0.1, 0.15) is 0 Å². The molecule has 0 aliphatic carbocycles. The summed E-state index contributed by atoms with van der Waals surface area (Å²) >= 11 is 7.78. The fourth-order valence-corrected chi connectivity index (χ4v) is 3.79. The zero-order chi connectivity index (χ0) is 17.6. The molecule has 0 saturated carbocycles. The summed E-state index contributed by atoms with van der Waals surface area (Å²) in [5, 5.41) is 1.28. The Kier molecular flexibility index (Phi) is 4.18. The quantitative estimate of drug-likeness (QED) is 0.538. The lowest BCUT2D eigenvalue weighted by Gasteiger charge is -2.09. The third-order valence-corrected chi connectivity index (χ3v) is 5.54. The van der Waals surface area contributed by atoms with Gasteiger partial charge in [0.25, 0.3) is 5.56 Å². The number of epoxide rings is 1. The smallest absolute Gasteiger partial charge is 0.329 e. The molecule has 0 unspecified atom stereocenters. The van der Waals surface area contributed by atoms with Gasteiger partial charge in [0.15, 0.2) is 16.3 Å². The molecule has 25 heavy (non-hydrogen) atoms. The van der Waals surface area contributed by atoms with Crippen molar-refractivity contribution in [2.75, 3.05) is 12.4 Å². The number of aryl methyl sites for hydroxylation is 1. The number of nitrogens with zero attached hydrogens (tertiary/aromatic N) is 3. The summed E-state index contributed by atoms with van der Waals surface area (Å²) in [5.74, 6) is 0.748. The number of nitrogens with one attached hydrogen (secondary N) is 1. The third-order valence-electron chi connectivity index (χ3n) is 4.06. The zero-order valence-corrected chi connectivity index (χ0v) is 14.9. The van der Waals surface area contributed by atoms with Gasteiger partial charge in [-0.15, -0.1) is 0 Å². The maximum atomic E-state index is 12.4. The van der Waals surface area contributed by atoms with Crippen molar-refractivity contribution in [3.05, 3.63) is 55.7 Å². The molecule has 1 aromatic carbocycles. The lowest BCUT2D eigenvalue weighted by molar-refractivity contribution is 0.426. The number of benzene rings is 1. The van der Waals surface area contributed by atoms with Crippen LogP contribution in [0, 0.1) is 0 Å². The van der Waals surface area contributed by atoms with E-state index in [2.05, 4.69) is 9.97 Å². The fourth-order valence-electron chi connectivity index (χ4n) is 2.60. The minimum Gasteiger partial charge on any atom is -0.372 e. The third kappa shape index (κ3) is 3.12. The lowest BCUT2D eigenvalue weighted by Crippen LogP contribution is -2.29. The maximum Gasteiger partial charge on any atom is 0.329 e. The molecule has 1 atom stereocenters. The highest BCUT2D eigenvalue weighted by Gasteiger charge is 2.25. The Morgan fingerprint density at radius 3 is 2.88 bits per heavy atom. The van der Waals surface area contributed by atoms with Gasteiger partial charge in [-0.1, -0.05) is 41.6 Å². The van der Waals surface area contributed by atoms with Crippen molar-refractivity contribution in [2.45, 2.75) is 17.8 Å². The van der Waals surface area contributed by atoms with Crippen LogP contribution >= 0.6 is 23.4 Å². The summed E-state index contributed by atoms with van der Waals surface area (Å²) in [5.41, 5.74) is 0.664. The Hall–Kier alpha value is -2.03. The molecule has 1 aliphatic heterocycles. The number of hydrogen-bond donors (Lipinski definition) is 1. The molecule has 2 aromatic heterocycles. The number of ether oxygens (including phenoxy) is 1. The topological polar surface area (TPSA) is 85.2 Å². The first-order valence-electron chi connectivity index (χ1n) is 7.72. The number of halogens is 1. The maximum absolute atomic E-state index is 12.4. The molecule has 0 spiro atoms. The number of aromatic amines is 1. The number of thioether (sulfide) groups is 1. The summed E-state index contributed by atoms with van der Waals surface area (Å²) < 4.78 is 8.40. The lowest BCUT2D eigenvalue weighted by atomic mass is 10.2. The molecule has 4 rings (SSSR count). The first-order chi connectivity index (χ1) is 12.0. The van der Waals surface area contributed by atoms with Crippen LogP contribution in [-0.2, 0) is 18.3 Å². The average molecular weight is 379 g/mol. The molecule has 1 fully saturated rings. The molecular weight excluding hydrogens is 364 g/mol. The number of rotatable bonds is 5. The molecule has 3 aromatic rings. The van der Waals surface area contributed by atoms with Crippen LogP contribution in [0.1, 0.15) is 5.56 Å². The Morgan fingerprint density at radius 2 is 2.16 bits per heavy atom. The Balaban J connectivity index is 1.87. The molecule has 1 aliphatic rings. The van der Waals surface area contributed by atoms with Crippen molar-refractivity contribution in [3.63, 3.8) is 0 Å². The normalized spacial score (nSPS) is 16.5. The first-order valence-corrected chi connectivity index (χ1v) is 9.08. The molecule has 0 bridgehead atoms. The van der Waals surface area contributed by atoms with E-state index in [0.717, 1.165) is 17.9 Å². The van der Waals surface area contributed by atoms with E-state index in [9.17, 15) is 9.59 Å². The molecule has 0 radical (unpaired) electrons. The standard InChI is InChI=1S/C16H15ClN4O3S/c1-20-13-12(14(22)19-15(20)23)21(6-9-4-2-3-5-11(9)17)16(18-13)25-8-10-7-24-10/h2-5,10H,6-8H2,1H3,(H,19,22,23)/t10-/m1/s1. The SMILES string of the molecule is Cn1c(=O)[nH]c(=O)c2c1nc(SC[C@H]1CO1)n2Cc1ccccc1Cl. The van der Waals surface area contributed by atoms with Crippen LogP contribution in [0.4, 0.5) is 0 Å². The van der Waals surface area contributed by atoms with Crippen LogP contribution in [0.15, 0.2) is 39.0 Å². The van der Waals surface area contributed by atoms with Gasteiger partial charge in [0, 0.05) is 17.8 Å². The van der Waals surface area contributed by atoms with Gasteiger partial charge in [-0.2, -0.15) is 0 Å². The van der Waals surface area contributed by atoms with E-state index in [-0.39, 0.29) is 6.10 Å². The van der Waals surface area contributed by atoms with Crippen LogP contribution in [0.25, 0.3) is 11.2 Å². The predicted molar refractivity (Wildman–Crippen MR) is 96.6 cm³/mol. The van der Waals surface area contributed by atoms with Crippen molar-refractivity contribution >= 4 is 34.5 Å². The van der Waals surface area contributed by atoms with Crippen LogP contribution in [0.5, 0.6) is 0 Å². The number of fused-ring (bicyclic) bond motifs is 1. The Bertz CT molecular complexity index is 1070. The highest BCUT2D eigenvalue weighted by atomic mass is 35.5. The highest BCUT2D eigenvalue weighted by Crippen LogP contribution is 2.27. The van der Waals surface area contributed by atoms with Crippen molar-refractivity contribution < 1.29 is 4.74 Å². The predicted octanol–water partition coefficient (Wildman–Crippen LogP) is 1.62. The van der Waals surface area contributed by atoms with Gasteiger partial charge in [-0.05, 0) is 11.6 Å². The zero-order valence-electron chi connectivity index (χ0n) is 13.4. The minimum atomic E-state index is -0.484. The van der Waals surface area contributed by atoms with Gasteiger partial charge >= 0.3 is 5.69 Å². The molecule has 1 N–H and O–H groups in total. The monoisotopic (exact) mass is 378 g/mol. The van der Waals surface area contributed by atoms with Crippen LogP contribution in [0.2, 0.25) is 5.02 Å². The van der Waals surface area contributed by atoms with E-state index < -0.39 is 11.2 Å². The largest absolute Gasteiger partial charge is 0.372 e. The molecule has 0 amide bonds. The van der Waals surface area contributed by atoms with Crippen LogP contribution in [0.3, 0.4) is 0 Å². The number of aromatic nitrogens is 4. The number of hydrogen-bond acceptors (Lipinski definition) is 5. The van der Waals surface area contributed by atoms with Gasteiger partial charge in [-0.3, -0.25) is 14.3 Å². The van der Waals surface area contributed by atoms with Gasteiger partial charge in [-0.25, -0.2) is 9.78 Å². The van der Waals surface area contributed by atoms with E-state index in [0.29, 0.717) is 27.9 Å². The summed E-state index contributed by atoms with van der Waals surface area (Å²) in [6.07, 6.45) is 0.223. The molecule has 1 saturated heterocycles. The second kappa shape index (κ2) is 6.36. The van der Waals surface area contributed by atoms with Crippen molar-refractivity contribution in [3.8, 4) is 0 Å². The molecular formula is C16H15ClN4O3S.